The van der Waals surface area contributed by atoms with E-state index in [1.807, 2.05) is 38.1 Å². The monoisotopic (exact) mass is 423 g/mol. The number of carbonyl (C=O) groups excluding carboxylic acids is 1. The average Bonchev–Trinajstić information content (AvgIpc) is 2.73. The third-order valence-electron chi connectivity index (χ3n) is 4.39. The van der Waals surface area contributed by atoms with Crippen LogP contribution in [-0.4, -0.2) is 27.8 Å². The number of benzene rings is 1. The average molecular weight is 424 g/mol. The number of ether oxygens (including phenoxy) is 1. The van der Waals surface area contributed by atoms with Crippen LogP contribution in [0.2, 0.25) is 5.02 Å². The lowest BCUT2D eigenvalue weighted by Gasteiger charge is -2.14. The molecule has 0 amide bonds. The van der Waals surface area contributed by atoms with Crippen LogP contribution >= 0.6 is 11.6 Å². The molecule has 154 valence electrons. The lowest BCUT2D eigenvalue weighted by molar-refractivity contribution is -0.114. The minimum atomic E-state index is -0.0687. The normalized spacial score (nSPS) is 10.4. The van der Waals surface area contributed by atoms with Gasteiger partial charge in [0.2, 0.25) is 5.95 Å². The molecule has 3 aromatic rings. The van der Waals surface area contributed by atoms with E-state index in [1.165, 1.54) is 12.3 Å². The number of aryl methyl sites for hydroxylation is 2. The zero-order valence-electron chi connectivity index (χ0n) is 17.0. The lowest BCUT2D eigenvalue weighted by atomic mass is 10.0. The Hall–Kier alpha value is -3.45. The predicted octanol–water partition coefficient (Wildman–Crippen LogP) is 4.94. The smallest absolute Gasteiger partial charge is 0.229 e. The van der Waals surface area contributed by atoms with Crippen LogP contribution in [0.4, 0.5) is 23.1 Å². The van der Waals surface area contributed by atoms with Gasteiger partial charge in [0.25, 0.3) is 0 Å². The number of allylic oxidation sites excluding steroid dienone is 1. The van der Waals surface area contributed by atoms with Crippen LogP contribution in [-0.2, 0) is 11.2 Å². The molecule has 0 bridgehead atoms. The largest absolute Gasteiger partial charge is 0.495 e. The number of nitrogens with zero attached hydrogens (tertiary/aromatic N) is 3. The van der Waals surface area contributed by atoms with Crippen molar-refractivity contribution >= 4 is 40.5 Å². The van der Waals surface area contributed by atoms with Crippen LogP contribution in [0.3, 0.4) is 0 Å². The number of pyridine rings is 1. The molecule has 2 aromatic heterocycles. The molecule has 0 saturated heterocycles. The number of hydrogen-bond donors (Lipinski definition) is 2. The second kappa shape index (κ2) is 9.37. The van der Waals surface area contributed by atoms with Gasteiger partial charge >= 0.3 is 0 Å². The van der Waals surface area contributed by atoms with E-state index in [1.54, 1.807) is 13.3 Å². The highest BCUT2D eigenvalue weighted by atomic mass is 35.5. The van der Waals surface area contributed by atoms with E-state index >= 15 is 0 Å². The van der Waals surface area contributed by atoms with Crippen molar-refractivity contribution in [3.63, 3.8) is 0 Å². The zero-order chi connectivity index (χ0) is 21.7. The minimum Gasteiger partial charge on any atom is -0.495 e. The van der Waals surface area contributed by atoms with Gasteiger partial charge in [0.05, 0.1) is 30.9 Å². The summed E-state index contributed by atoms with van der Waals surface area (Å²) < 4.78 is 5.22. The van der Waals surface area contributed by atoms with Crippen LogP contribution in [0, 0.1) is 13.8 Å². The van der Waals surface area contributed by atoms with E-state index < -0.39 is 0 Å². The van der Waals surface area contributed by atoms with Crippen molar-refractivity contribution in [2.24, 2.45) is 0 Å². The van der Waals surface area contributed by atoms with Gasteiger partial charge in [0.1, 0.15) is 10.8 Å². The number of halogens is 1. The molecule has 7 nitrogen and oxygen atoms in total. The Balaban J connectivity index is 1.90. The molecule has 0 unspecified atom stereocenters. The Labute approximate surface area is 180 Å². The van der Waals surface area contributed by atoms with Gasteiger partial charge in [0, 0.05) is 18.2 Å². The Morgan fingerprint density at radius 1 is 1.17 bits per heavy atom. The number of ketones is 1. The van der Waals surface area contributed by atoms with Crippen LogP contribution < -0.4 is 15.4 Å². The second-order valence-corrected chi connectivity index (χ2v) is 7.06. The molecule has 2 N–H and O–H groups in total. The van der Waals surface area contributed by atoms with Crippen molar-refractivity contribution in [1.82, 2.24) is 15.0 Å². The Morgan fingerprint density at radius 3 is 2.70 bits per heavy atom. The van der Waals surface area contributed by atoms with Crippen LogP contribution in [0.25, 0.3) is 0 Å². The van der Waals surface area contributed by atoms with Gasteiger partial charge in [-0.2, -0.15) is 4.98 Å². The quantitative estimate of drug-likeness (QED) is 0.496. The summed E-state index contributed by atoms with van der Waals surface area (Å²) in [7, 11) is 1.58. The molecule has 8 heteroatoms. The summed E-state index contributed by atoms with van der Waals surface area (Å²) in [6.45, 7) is 7.38. The molecule has 0 fully saturated rings. The molecule has 30 heavy (non-hydrogen) atoms. The number of nitrogens with one attached hydrogen (secondary N) is 2. The first-order chi connectivity index (χ1) is 14.4. The molecule has 0 aliphatic heterocycles. The van der Waals surface area contributed by atoms with Crippen LogP contribution in [0.5, 0.6) is 5.75 Å². The van der Waals surface area contributed by atoms with Crippen molar-refractivity contribution in [2.45, 2.75) is 20.3 Å². The fourth-order valence-electron chi connectivity index (χ4n) is 2.77. The number of methoxy groups -OCH3 is 1. The van der Waals surface area contributed by atoms with Crippen LogP contribution in [0.1, 0.15) is 16.8 Å². The molecule has 3 rings (SSSR count). The van der Waals surface area contributed by atoms with Gasteiger partial charge in [-0.15, -0.1) is 0 Å². The number of aromatic nitrogens is 3. The van der Waals surface area contributed by atoms with E-state index in [9.17, 15) is 4.79 Å². The summed E-state index contributed by atoms with van der Waals surface area (Å²) in [6.07, 6.45) is 4.69. The second-order valence-electron chi connectivity index (χ2n) is 6.66. The highest BCUT2D eigenvalue weighted by Crippen LogP contribution is 2.28. The third kappa shape index (κ3) is 5.12. The lowest BCUT2D eigenvalue weighted by Crippen LogP contribution is -2.06. The van der Waals surface area contributed by atoms with Crippen molar-refractivity contribution in [1.29, 1.82) is 0 Å². The van der Waals surface area contributed by atoms with Gasteiger partial charge in [-0.25, -0.2) is 4.98 Å². The van der Waals surface area contributed by atoms with E-state index in [-0.39, 0.29) is 12.2 Å². The fraction of sp³-hybridized carbons (Fsp3) is 0.182. The Kier molecular flexibility index (Phi) is 6.64. The van der Waals surface area contributed by atoms with Crippen LogP contribution in [0.15, 0.2) is 49.3 Å². The summed E-state index contributed by atoms with van der Waals surface area (Å²) in [5, 5.41) is 6.70. The number of anilines is 4. The van der Waals surface area contributed by atoms with Gasteiger partial charge < -0.3 is 15.4 Å². The summed E-state index contributed by atoms with van der Waals surface area (Å²) >= 11 is 6.31. The summed E-state index contributed by atoms with van der Waals surface area (Å²) in [4.78, 5) is 24.9. The van der Waals surface area contributed by atoms with Gasteiger partial charge in [0.15, 0.2) is 11.6 Å². The van der Waals surface area contributed by atoms with Crippen molar-refractivity contribution in [2.75, 3.05) is 17.7 Å². The summed E-state index contributed by atoms with van der Waals surface area (Å²) in [5.41, 5.74) is 4.10. The maximum Gasteiger partial charge on any atom is 0.229 e. The molecule has 2 heterocycles. The number of hydrogen-bond acceptors (Lipinski definition) is 7. The molecule has 0 radical (unpaired) electrons. The van der Waals surface area contributed by atoms with E-state index in [4.69, 9.17) is 16.3 Å². The van der Waals surface area contributed by atoms with E-state index in [0.29, 0.717) is 22.5 Å². The standard InChI is InChI=1S/C22H22ClN5O2/c1-5-16(29)9-15-8-13(2)6-7-19(15)26-21-18(23)12-25-22(28-21)27-20-10-17(30-4)11-24-14(20)3/h5-8,10-12H,1,9H2,2-4H3,(H2,25,26,27,28). The molecular formula is C22H22ClN5O2. The highest BCUT2D eigenvalue weighted by molar-refractivity contribution is 6.32. The van der Waals surface area contributed by atoms with Crippen molar-refractivity contribution in [3.05, 3.63) is 71.2 Å². The molecular weight excluding hydrogens is 402 g/mol. The molecule has 0 aliphatic carbocycles. The maximum absolute atomic E-state index is 11.9. The highest BCUT2D eigenvalue weighted by Gasteiger charge is 2.12. The zero-order valence-corrected chi connectivity index (χ0v) is 17.7. The van der Waals surface area contributed by atoms with Crippen molar-refractivity contribution < 1.29 is 9.53 Å². The Bertz CT molecular complexity index is 1100. The first-order valence-electron chi connectivity index (χ1n) is 9.21. The van der Waals surface area contributed by atoms with Gasteiger partial charge in [-0.1, -0.05) is 35.9 Å². The molecule has 0 atom stereocenters. The molecule has 1 aromatic carbocycles. The predicted molar refractivity (Wildman–Crippen MR) is 119 cm³/mol. The van der Waals surface area contributed by atoms with E-state index in [2.05, 4.69) is 32.2 Å². The summed E-state index contributed by atoms with van der Waals surface area (Å²) in [5.74, 6) is 1.31. The molecule has 0 saturated carbocycles. The fourth-order valence-corrected chi connectivity index (χ4v) is 2.90. The SMILES string of the molecule is C=CC(=O)Cc1cc(C)ccc1Nc1nc(Nc2cc(OC)cnc2C)ncc1Cl. The molecule has 0 aliphatic rings. The minimum absolute atomic E-state index is 0.0687. The number of rotatable bonds is 8. The first-order valence-corrected chi connectivity index (χ1v) is 9.59. The summed E-state index contributed by atoms with van der Waals surface area (Å²) in [6, 6.07) is 7.60. The first kappa shape index (κ1) is 21.3. The third-order valence-corrected chi connectivity index (χ3v) is 4.67. The topological polar surface area (TPSA) is 89.0 Å². The van der Waals surface area contributed by atoms with E-state index in [0.717, 1.165) is 28.2 Å². The Morgan fingerprint density at radius 2 is 1.97 bits per heavy atom. The maximum atomic E-state index is 11.9. The van der Waals surface area contributed by atoms with Crippen molar-refractivity contribution in [3.8, 4) is 5.75 Å². The molecule has 0 spiro atoms. The number of carbonyl (C=O) groups is 1. The van der Waals surface area contributed by atoms with Gasteiger partial charge in [-0.3, -0.25) is 9.78 Å². The van der Waals surface area contributed by atoms with Gasteiger partial charge in [-0.05, 0) is 31.6 Å².